The van der Waals surface area contributed by atoms with E-state index in [1.165, 1.54) is 12.1 Å². The molecular formula is C23H23ClN4O4S. The summed E-state index contributed by atoms with van der Waals surface area (Å²) in [5.74, 6) is -0.161. The average molecular weight is 487 g/mol. The molecule has 2 heterocycles. The summed E-state index contributed by atoms with van der Waals surface area (Å²) in [6.45, 7) is 5.69. The number of allylic oxidation sites excluding steroid dienone is 1. The predicted octanol–water partition coefficient (Wildman–Crippen LogP) is 4.13. The van der Waals surface area contributed by atoms with Crippen LogP contribution in [-0.4, -0.2) is 47.1 Å². The SMILES string of the molecule is CC1=C(C(=O)N2CCOCC2)C(c2ccc(Cl)c([N+](=O)[O-])c2)NC(=S)N1c1cccc(C)c1. The summed E-state index contributed by atoms with van der Waals surface area (Å²) in [4.78, 5) is 28.2. The number of aryl methyl sites for hydroxylation is 1. The minimum atomic E-state index is -0.662. The molecule has 1 N–H and O–H groups in total. The average Bonchev–Trinajstić information content (AvgIpc) is 2.79. The van der Waals surface area contributed by atoms with Gasteiger partial charge in [0.15, 0.2) is 5.11 Å². The van der Waals surface area contributed by atoms with E-state index in [2.05, 4.69) is 5.32 Å². The van der Waals surface area contributed by atoms with Crippen molar-refractivity contribution in [2.75, 3.05) is 31.2 Å². The number of carbonyl (C=O) groups is 1. The van der Waals surface area contributed by atoms with Gasteiger partial charge >= 0.3 is 0 Å². The molecule has 4 rings (SSSR count). The Balaban J connectivity index is 1.85. The van der Waals surface area contributed by atoms with Gasteiger partial charge in [-0.3, -0.25) is 19.8 Å². The molecule has 2 aliphatic rings. The Bertz CT molecular complexity index is 1160. The molecule has 1 fully saturated rings. The Morgan fingerprint density at radius 2 is 1.94 bits per heavy atom. The summed E-state index contributed by atoms with van der Waals surface area (Å²) < 4.78 is 5.41. The lowest BCUT2D eigenvalue weighted by atomic mass is 9.93. The van der Waals surface area contributed by atoms with Crippen molar-refractivity contribution in [3.63, 3.8) is 0 Å². The molecule has 0 bridgehead atoms. The molecule has 1 unspecified atom stereocenters. The van der Waals surface area contributed by atoms with Gasteiger partial charge in [0.2, 0.25) is 0 Å². The Morgan fingerprint density at radius 3 is 2.61 bits per heavy atom. The number of halogens is 1. The van der Waals surface area contributed by atoms with E-state index in [9.17, 15) is 14.9 Å². The van der Waals surface area contributed by atoms with Crippen LogP contribution in [-0.2, 0) is 9.53 Å². The van der Waals surface area contributed by atoms with Crippen LogP contribution in [0.3, 0.4) is 0 Å². The van der Waals surface area contributed by atoms with Crippen LogP contribution in [0.15, 0.2) is 53.7 Å². The van der Waals surface area contributed by atoms with Gasteiger partial charge in [-0.2, -0.15) is 0 Å². The Kier molecular flexibility index (Phi) is 6.64. The largest absolute Gasteiger partial charge is 0.378 e. The monoisotopic (exact) mass is 486 g/mol. The van der Waals surface area contributed by atoms with Gasteiger partial charge in [-0.1, -0.05) is 29.8 Å². The molecule has 8 nitrogen and oxygen atoms in total. The zero-order valence-corrected chi connectivity index (χ0v) is 19.8. The Labute approximate surface area is 201 Å². The van der Waals surface area contributed by atoms with E-state index in [0.29, 0.717) is 48.2 Å². The van der Waals surface area contributed by atoms with Crippen LogP contribution in [0.25, 0.3) is 0 Å². The van der Waals surface area contributed by atoms with Crippen LogP contribution in [0.4, 0.5) is 11.4 Å². The second-order valence-corrected chi connectivity index (χ2v) is 8.72. The molecule has 2 aromatic rings. The third-order valence-electron chi connectivity index (χ3n) is 5.77. The molecule has 0 spiro atoms. The number of nitro benzene ring substituents is 1. The van der Waals surface area contributed by atoms with E-state index >= 15 is 0 Å². The maximum absolute atomic E-state index is 13.7. The fourth-order valence-corrected chi connectivity index (χ4v) is 4.68. The molecule has 1 amide bonds. The van der Waals surface area contributed by atoms with Crippen LogP contribution >= 0.6 is 23.8 Å². The number of amides is 1. The van der Waals surface area contributed by atoms with E-state index in [0.717, 1.165) is 11.3 Å². The maximum atomic E-state index is 13.7. The van der Waals surface area contributed by atoms with Gasteiger partial charge in [0, 0.05) is 30.5 Å². The zero-order valence-electron chi connectivity index (χ0n) is 18.2. The topological polar surface area (TPSA) is 88.0 Å². The normalized spacial score (nSPS) is 18.9. The number of nitro groups is 1. The van der Waals surface area contributed by atoms with Crippen LogP contribution in [0.5, 0.6) is 0 Å². The highest BCUT2D eigenvalue weighted by molar-refractivity contribution is 7.80. The highest BCUT2D eigenvalue weighted by atomic mass is 35.5. The highest BCUT2D eigenvalue weighted by Crippen LogP contribution is 2.37. The van der Waals surface area contributed by atoms with Crippen LogP contribution in [0, 0.1) is 17.0 Å². The van der Waals surface area contributed by atoms with Crippen molar-refractivity contribution in [3.05, 3.63) is 80.0 Å². The van der Waals surface area contributed by atoms with E-state index in [4.69, 9.17) is 28.6 Å². The number of rotatable bonds is 4. The number of morpholine rings is 1. The van der Waals surface area contributed by atoms with Gasteiger partial charge < -0.3 is 15.0 Å². The van der Waals surface area contributed by atoms with Gasteiger partial charge in [0.25, 0.3) is 11.6 Å². The molecule has 0 radical (unpaired) electrons. The van der Waals surface area contributed by atoms with Gasteiger partial charge in [0.05, 0.1) is 29.8 Å². The molecule has 10 heteroatoms. The third kappa shape index (κ3) is 4.57. The number of nitrogens with zero attached hydrogens (tertiary/aromatic N) is 3. The van der Waals surface area contributed by atoms with Gasteiger partial charge in [-0.15, -0.1) is 0 Å². The number of carbonyl (C=O) groups excluding carboxylic acids is 1. The van der Waals surface area contributed by atoms with E-state index < -0.39 is 11.0 Å². The number of nitrogens with one attached hydrogen (secondary N) is 1. The second-order valence-electron chi connectivity index (χ2n) is 7.93. The van der Waals surface area contributed by atoms with Crippen molar-refractivity contribution in [1.29, 1.82) is 0 Å². The molecule has 2 aromatic carbocycles. The van der Waals surface area contributed by atoms with Crippen LogP contribution < -0.4 is 10.2 Å². The molecular weight excluding hydrogens is 464 g/mol. The van der Waals surface area contributed by atoms with Crippen molar-refractivity contribution >= 4 is 46.2 Å². The van der Waals surface area contributed by atoms with Crippen molar-refractivity contribution in [3.8, 4) is 0 Å². The smallest absolute Gasteiger partial charge is 0.288 e. The number of hydrogen-bond acceptors (Lipinski definition) is 5. The number of anilines is 1. The minimum absolute atomic E-state index is 0.0327. The van der Waals surface area contributed by atoms with Gasteiger partial charge in [-0.05, 0) is 55.4 Å². The summed E-state index contributed by atoms with van der Waals surface area (Å²) in [5, 5.41) is 15.2. The molecule has 0 aromatic heterocycles. The first-order chi connectivity index (χ1) is 15.8. The van der Waals surface area contributed by atoms with E-state index in [1.807, 2.05) is 43.0 Å². The van der Waals surface area contributed by atoms with E-state index in [1.54, 1.807) is 11.0 Å². The lowest BCUT2D eigenvalue weighted by molar-refractivity contribution is -0.384. The van der Waals surface area contributed by atoms with Crippen molar-refractivity contribution in [2.24, 2.45) is 0 Å². The molecule has 0 saturated carbocycles. The number of hydrogen-bond donors (Lipinski definition) is 1. The summed E-state index contributed by atoms with van der Waals surface area (Å²) in [5.41, 5.74) is 3.34. The molecule has 33 heavy (non-hydrogen) atoms. The lowest BCUT2D eigenvalue weighted by Crippen LogP contribution is -2.51. The standard InChI is InChI=1S/C23H23ClN4O4S/c1-14-4-3-5-17(12-14)27-15(2)20(22(29)26-8-10-32-11-9-26)21(25-23(27)33)16-6-7-18(24)19(13-16)28(30)31/h3-7,12-13,21H,8-11H2,1-2H3,(H,25,33). The first-order valence-corrected chi connectivity index (χ1v) is 11.3. The number of ether oxygens (including phenoxy) is 1. The maximum Gasteiger partial charge on any atom is 0.288 e. The van der Waals surface area contributed by atoms with Crippen molar-refractivity contribution in [2.45, 2.75) is 19.9 Å². The fourth-order valence-electron chi connectivity index (χ4n) is 4.13. The molecule has 172 valence electrons. The third-order valence-corrected chi connectivity index (χ3v) is 6.39. The predicted molar refractivity (Wildman–Crippen MR) is 130 cm³/mol. The van der Waals surface area contributed by atoms with Gasteiger partial charge in [0.1, 0.15) is 5.02 Å². The summed E-state index contributed by atoms with van der Waals surface area (Å²) >= 11 is 11.7. The molecule has 1 saturated heterocycles. The first-order valence-electron chi connectivity index (χ1n) is 10.5. The number of benzene rings is 2. The second kappa shape index (κ2) is 9.46. The Hall–Kier alpha value is -3.01. The zero-order chi connectivity index (χ0) is 23.7. The highest BCUT2D eigenvalue weighted by Gasteiger charge is 2.37. The summed E-state index contributed by atoms with van der Waals surface area (Å²) in [6, 6.07) is 11.7. The molecule has 0 aliphatic carbocycles. The Morgan fingerprint density at radius 1 is 1.21 bits per heavy atom. The summed E-state index contributed by atoms with van der Waals surface area (Å²) in [7, 11) is 0. The van der Waals surface area contributed by atoms with Crippen molar-refractivity contribution in [1.82, 2.24) is 10.2 Å². The first kappa shape index (κ1) is 23.2. The molecule has 1 atom stereocenters. The minimum Gasteiger partial charge on any atom is -0.378 e. The van der Waals surface area contributed by atoms with Gasteiger partial charge in [-0.25, -0.2) is 0 Å². The van der Waals surface area contributed by atoms with E-state index in [-0.39, 0.29) is 16.6 Å². The molecule has 2 aliphatic heterocycles. The van der Waals surface area contributed by atoms with Crippen LogP contribution in [0.2, 0.25) is 5.02 Å². The quantitative estimate of drug-likeness (QED) is 0.395. The lowest BCUT2D eigenvalue weighted by Gasteiger charge is -2.40. The fraction of sp³-hybridized carbons (Fsp3) is 0.304. The summed E-state index contributed by atoms with van der Waals surface area (Å²) in [6.07, 6.45) is 0. The number of thiocarbonyl (C=S) groups is 1. The van der Waals surface area contributed by atoms with Crippen LogP contribution in [0.1, 0.15) is 24.1 Å². The van der Waals surface area contributed by atoms with Crippen molar-refractivity contribution < 1.29 is 14.5 Å².